The quantitative estimate of drug-likeness (QED) is 0.619. The molecular weight excluding hydrogens is 312 g/mol. The summed E-state index contributed by atoms with van der Waals surface area (Å²) >= 11 is 0. The van der Waals surface area contributed by atoms with E-state index >= 15 is 0 Å². The summed E-state index contributed by atoms with van der Waals surface area (Å²) < 4.78 is 5.69. The second kappa shape index (κ2) is 7.67. The minimum atomic E-state index is -0.706. The Morgan fingerprint density at radius 2 is 1.88 bits per heavy atom. The fourth-order valence-electron chi connectivity index (χ4n) is 3.42. The second-order valence-electron chi connectivity index (χ2n) is 7.02. The number of aliphatic hydroxyl groups excluding tert-OH is 1. The van der Waals surface area contributed by atoms with Crippen LogP contribution in [0.5, 0.6) is 0 Å². The van der Waals surface area contributed by atoms with Gasteiger partial charge in [-0.2, -0.15) is 0 Å². The molecule has 3 atom stereocenters. The zero-order valence-corrected chi connectivity index (χ0v) is 14.2. The maximum Gasteiger partial charge on any atom is 0.315 e. The highest BCUT2D eigenvalue weighted by atomic mass is 16.5. The van der Waals surface area contributed by atoms with Crippen LogP contribution in [-0.2, 0) is 9.53 Å². The predicted molar refractivity (Wildman–Crippen MR) is 87.5 cm³/mol. The van der Waals surface area contributed by atoms with Gasteiger partial charge in [-0.15, -0.1) is 0 Å². The molecule has 0 aromatic heterocycles. The molecule has 8 nitrogen and oxygen atoms in total. The number of ether oxygens (including phenoxy) is 1. The Labute approximate surface area is 142 Å². The maximum absolute atomic E-state index is 11.9. The molecule has 2 aliphatic heterocycles. The first kappa shape index (κ1) is 17.4. The number of nitrogens with one attached hydrogen (secondary N) is 2. The Hall–Kier alpha value is -1.38. The van der Waals surface area contributed by atoms with Crippen LogP contribution in [0.25, 0.3) is 0 Å². The number of rotatable bonds is 4. The summed E-state index contributed by atoms with van der Waals surface area (Å²) in [4.78, 5) is 27.3. The third-order valence-corrected chi connectivity index (χ3v) is 5.30. The average Bonchev–Trinajstić information content (AvgIpc) is 2.85. The molecule has 1 aliphatic carbocycles. The molecule has 2 saturated heterocycles. The number of urea groups is 1. The Morgan fingerprint density at radius 3 is 2.46 bits per heavy atom. The molecule has 0 bridgehead atoms. The Bertz CT molecular complexity index is 463. The van der Waals surface area contributed by atoms with Crippen molar-refractivity contribution in [3.05, 3.63) is 0 Å². The number of carbonyl (C=O) groups is 2. The molecule has 3 amide bonds. The van der Waals surface area contributed by atoms with Crippen LogP contribution in [0.15, 0.2) is 0 Å². The third kappa shape index (κ3) is 4.17. The summed E-state index contributed by atoms with van der Waals surface area (Å²) in [5.41, 5.74) is 0. The Balaban J connectivity index is 1.40. The lowest BCUT2D eigenvalue weighted by Gasteiger charge is -2.35. The predicted octanol–water partition coefficient (Wildman–Crippen LogP) is -0.869. The van der Waals surface area contributed by atoms with E-state index in [0.717, 1.165) is 25.9 Å². The van der Waals surface area contributed by atoms with Crippen molar-refractivity contribution < 1.29 is 19.4 Å². The fourth-order valence-corrected chi connectivity index (χ4v) is 3.42. The van der Waals surface area contributed by atoms with E-state index in [0.29, 0.717) is 26.2 Å². The number of carbonyl (C=O) groups excluding carboxylic acids is 2. The first-order valence-electron chi connectivity index (χ1n) is 8.87. The zero-order valence-electron chi connectivity index (χ0n) is 14.2. The summed E-state index contributed by atoms with van der Waals surface area (Å²) in [5.74, 6) is 0.105. The van der Waals surface area contributed by atoms with Gasteiger partial charge in [0.25, 0.3) is 0 Å². The molecule has 0 aromatic carbocycles. The van der Waals surface area contributed by atoms with Crippen LogP contribution in [0.1, 0.15) is 26.2 Å². The van der Waals surface area contributed by atoms with Crippen LogP contribution in [-0.4, -0.2) is 90.5 Å². The maximum atomic E-state index is 11.9. The molecule has 0 aromatic rings. The SMILES string of the molecule is CC(=O)N1CCN(C[C@@H]2OC[C@H](NC(=O)NC3CCC3)[C@H]2O)CC1. The first-order valence-corrected chi connectivity index (χ1v) is 8.87. The molecule has 3 N–H and O–H groups in total. The molecule has 3 fully saturated rings. The van der Waals surface area contributed by atoms with Gasteiger partial charge in [-0.1, -0.05) is 0 Å². The van der Waals surface area contributed by atoms with E-state index in [2.05, 4.69) is 15.5 Å². The standard InChI is InChI=1S/C16H28N4O4/c1-11(21)20-7-5-19(6-8-20)9-14-15(22)13(10-24-14)18-16(23)17-12-3-2-4-12/h12-15,22H,2-10H2,1H3,(H2,17,18,23)/t13-,14-,15+/m0/s1. The molecule has 0 radical (unpaired) electrons. The van der Waals surface area contributed by atoms with Gasteiger partial charge >= 0.3 is 6.03 Å². The molecule has 3 rings (SSSR count). The summed E-state index contributed by atoms with van der Waals surface area (Å²) in [6, 6.07) is -0.311. The molecule has 0 spiro atoms. The molecule has 3 aliphatic rings. The minimum absolute atomic E-state index is 0.105. The first-order chi connectivity index (χ1) is 11.5. The highest BCUT2D eigenvalue weighted by Crippen LogP contribution is 2.19. The molecule has 136 valence electrons. The van der Waals surface area contributed by atoms with Crippen molar-refractivity contribution in [2.24, 2.45) is 0 Å². The highest BCUT2D eigenvalue weighted by molar-refractivity contribution is 5.74. The lowest BCUT2D eigenvalue weighted by atomic mass is 9.93. The van der Waals surface area contributed by atoms with Gasteiger partial charge in [0, 0.05) is 45.7 Å². The minimum Gasteiger partial charge on any atom is -0.388 e. The monoisotopic (exact) mass is 340 g/mol. The van der Waals surface area contributed by atoms with Crippen LogP contribution in [0, 0.1) is 0 Å². The van der Waals surface area contributed by atoms with E-state index in [1.807, 2.05) is 4.90 Å². The lowest BCUT2D eigenvalue weighted by Crippen LogP contribution is -2.54. The van der Waals surface area contributed by atoms with Crippen LogP contribution in [0.3, 0.4) is 0 Å². The fraction of sp³-hybridized carbons (Fsp3) is 0.875. The van der Waals surface area contributed by atoms with Crippen LogP contribution in [0.4, 0.5) is 4.79 Å². The van der Waals surface area contributed by atoms with E-state index in [4.69, 9.17) is 4.74 Å². The van der Waals surface area contributed by atoms with Crippen molar-refractivity contribution in [1.29, 1.82) is 0 Å². The summed E-state index contributed by atoms with van der Waals surface area (Å²) in [6.07, 6.45) is 2.22. The highest BCUT2D eigenvalue weighted by Gasteiger charge is 2.38. The summed E-state index contributed by atoms with van der Waals surface area (Å²) in [6.45, 7) is 5.53. The van der Waals surface area contributed by atoms with Gasteiger partial charge in [-0.3, -0.25) is 9.69 Å². The number of nitrogens with zero attached hydrogens (tertiary/aromatic N) is 2. The summed E-state index contributed by atoms with van der Waals surface area (Å²) in [7, 11) is 0. The van der Waals surface area contributed by atoms with Crippen LogP contribution >= 0.6 is 0 Å². The van der Waals surface area contributed by atoms with Gasteiger partial charge in [0.1, 0.15) is 6.10 Å². The van der Waals surface area contributed by atoms with Gasteiger partial charge in [-0.05, 0) is 19.3 Å². The topological polar surface area (TPSA) is 94.1 Å². The molecule has 8 heteroatoms. The number of hydrogen-bond donors (Lipinski definition) is 3. The van der Waals surface area contributed by atoms with Crippen molar-refractivity contribution in [3.8, 4) is 0 Å². The van der Waals surface area contributed by atoms with E-state index in [9.17, 15) is 14.7 Å². The molecule has 2 heterocycles. The number of piperazine rings is 1. The van der Waals surface area contributed by atoms with Crippen molar-refractivity contribution in [2.45, 2.75) is 50.5 Å². The van der Waals surface area contributed by atoms with E-state index in [1.165, 1.54) is 6.42 Å². The number of amides is 3. The number of aliphatic hydroxyl groups is 1. The summed E-state index contributed by atoms with van der Waals surface area (Å²) in [5, 5.41) is 16.1. The van der Waals surface area contributed by atoms with E-state index < -0.39 is 6.10 Å². The number of hydrogen-bond acceptors (Lipinski definition) is 5. The smallest absolute Gasteiger partial charge is 0.315 e. The van der Waals surface area contributed by atoms with Gasteiger partial charge < -0.3 is 25.4 Å². The van der Waals surface area contributed by atoms with Gasteiger partial charge in [0.2, 0.25) is 5.91 Å². The Morgan fingerprint density at radius 1 is 1.17 bits per heavy atom. The largest absolute Gasteiger partial charge is 0.388 e. The van der Waals surface area contributed by atoms with Crippen LogP contribution < -0.4 is 10.6 Å². The molecule has 0 unspecified atom stereocenters. The van der Waals surface area contributed by atoms with Gasteiger partial charge in [0.05, 0.1) is 18.8 Å². The van der Waals surface area contributed by atoms with Crippen molar-refractivity contribution in [3.63, 3.8) is 0 Å². The van der Waals surface area contributed by atoms with Crippen molar-refractivity contribution in [2.75, 3.05) is 39.3 Å². The third-order valence-electron chi connectivity index (χ3n) is 5.30. The van der Waals surface area contributed by atoms with Crippen LogP contribution in [0.2, 0.25) is 0 Å². The second-order valence-corrected chi connectivity index (χ2v) is 7.02. The normalized spacial score (nSPS) is 31.6. The lowest BCUT2D eigenvalue weighted by molar-refractivity contribution is -0.130. The molecule has 1 saturated carbocycles. The average molecular weight is 340 g/mol. The Kier molecular flexibility index (Phi) is 5.57. The van der Waals surface area contributed by atoms with Crippen molar-refractivity contribution in [1.82, 2.24) is 20.4 Å². The van der Waals surface area contributed by atoms with Crippen molar-refractivity contribution >= 4 is 11.9 Å². The molecular formula is C16H28N4O4. The zero-order chi connectivity index (χ0) is 17.1. The van der Waals surface area contributed by atoms with Gasteiger partial charge in [0.15, 0.2) is 0 Å². The van der Waals surface area contributed by atoms with E-state index in [-0.39, 0.29) is 30.1 Å². The van der Waals surface area contributed by atoms with Gasteiger partial charge in [-0.25, -0.2) is 4.79 Å². The molecule has 24 heavy (non-hydrogen) atoms. The van der Waals surface area contributed by atoms with E-state index in [1.54, 1.807) is 6.92 Å².